The molecule has 27 heavy (non-hydrogen) atoms. The summed E-state index contributed by atoms with van der Waals surface area (Å²) >= 11 is 6.09. The van der Waals surface area contributed by atoms with Crippen molar-refractivity contribution in [2.75, 3.05) is 12.4 Å². The van der Waals surface area contributed by atoms with Gasteiger partial charge >= 0.3 is 0 Å². The van der Waals surface area contributed by atoms with Crippen LogP contribution in [0.1, 0.15) is 21.5 Å². The topological polar surface area (TPSA) is 47.6 Å². The third-order valence-electron chi connectivity index (χ3n) is 4.06. The molecule has 0 aliphatic rings. The van der Waals surface area contributed by atoms with Gasteiger partial charge in [-0.1, -0.05) is 53.6 Å². The lowest BCUT2D eigenvalue weighted by molar-refractivity contribution is 0.102. The van der Waals surface area contributed by atoms with Crippen LogP contribution < -0.4 is 14.8 Å². The van der Waals surface area contributed by atoms with Crippen molar-refractivity contribution in [3.8, 4) is 11.5 Å². The van der Waals surface area contributed by atoms with Crippen molar-refractivity contribution in [3.63, 3.8) is 0 Å². The van der Waals surface area contributed by atoms with E-state index in [4.69, 9.17) is 21.1 Å². The van der Waals surface area contributed by atoms with Crippen LogP contribution in [0.2, 0.25) is 5.02 Å². The van der Waals surface area contributed by atoms with Crippen molar-refractivity contribution >= 4 is 23.2 Å². The second kappa shape index (κ2) is 8.60. The van der Waals surface area contributed by atoms with Crippen LogP contribution in [0.3, 0.4) is 0 Å². The molecule has 0 radical (unpaired) electrons. The number of benzene rings is 3. The smallest absolute Gasteiger partial charge is 0.255 e. The fraction of sp³-hybridized carbons (Fsp3) is 0.136. The van der Waals surface area contributed by atoms with E-state index in [-0.39, 0.29) is 5.91 Å². The number of halogens is 1. The Labute approximate surface area is 163 Å². The van der Waals surface area contributed by atoms with Gasteiger partial charge in [-0.05, 0) is 42.8 Å². The van der Waals surface area contributed by atoms with Crippen molar-refractivity contribution in [2.45, 2.75) is 13.5 Å². The number of aryl methyl sites for hydroxylation is 1. The molecule has 5 heteroatoms. The second-order valence-corrected chi connectivity index (χ2v) is 6.48. The van der Waals surface area contributed by atoms with E-state index in [0.717, 1.165) is 5.56 Å². The van der Waals surface area contributed by atoms with Gasteiger partial charge in [-0.3, -0.25) is 4.79 Å². The lowest BCUT2D eigenvalue weighted by Crippen LogP contribution is -2.12. The highest BCUT2D eigenvalue weighted by molar-refractivity contribution is 6.33. The zero-order valence-electron chi connectivity index (χ0n) is 15.2. The van der Waals surface area contributed by atoms with Gasteiger partial charge < -0.3 is 14.8 Å². The summed E-state index contributed by atoms with van der Waals surface area (Å²) in [6, 6.07) is 20.3. The molecule has 3 aromatic rings. The van der Waals surface area contributed by atoms with E-state index in [1.54, 1.807) is 43.5 Å². The van der Waals surface area contributed by atoms with Gasteiger partial charge in [0, 0.05) is 5.56 Å². The zero-order valence-corrected chi connectivity index (χ0v) is 15.9. The van der Waals surface area contributed by atoms with Gasteiger partial charge in [0.05, 0.1) is 17.8 Å². The summed E-state index contributed by atoms with van der Waals surface area (Å²) in [5.41, 5.74) is 3.27. The van der Waals surface area contributed by atoms with Crippen LogP contribution in [0.25, 0.3) is 0 Å². The Morgan fingerprint density at radius 1 is 1.00 bits per heavy atom. The molecule has 4 nitrogen and oxygen atoms in total. The number of methoxy groups -OCH3 is 1. The molecule has 0 fully saturated rings. The molecule has 0 aliphatic carbocycles. The maximum atomic E-state index is 12.5. The van der Waals surface area contributed by atoms with Crippen molar-refractivity contribution < 1.29 is 14.3 Å². The minimum absolute atomic E-state index is 0.272. The van der Waals surface area contributed by atoms with Gasteiger partial charge in [0.1, 0.15) is 6.61 Å². The molecule has 0 aromatic heterocycles. The zero-order chi connectivity index (χ0) is 19.2. The number of ether oxygens (including phenoxy) is 2. The van der Waals surface area contributed by atoms with Gasteiger partial charge in [-0.25, -0.2) is 0 Å². The van der Waals surface area contributed by atoms with Crippen LogP contribution in [0, 0.1) is 6.92 Å². The number of anilines is 1. The monoisotopic (exact) mass is 381 g/mol. The largest absolute Gasteiger partial charge is 0.493 e. The second-order valence-electron chi connectivity index (χ2n) is 6.07. The Bertz CT molecular complexity index is 939. The minimum atomic E-state index is -0.272. The summed E-state index contributed by atoms with van der Waals surface area (Å²) < 4.78 is 11.2. The number of carbonyl (C=O) groups is 1. The normalized spacial score (nSPS) is 10.3. The standard InChI is InChI=1S/C22H20ClNO3/c1-15-7-9-16(10-8-15)14-27-20-12-11-17(13-21(20)26-2)22(25)24-19-6-4-3-5-18(19)23/h3-13H,14H2,1-2H3,(H,24,25). The molecule has 0 saturated heterocycles. The van der Waals surface area contributed by atoms with Crippen molar-refractivity contribution in [3.05, 3.63) is 88.4 Å². The first-order valence-corrected chi connectivity index (χ1v) is 8.87. The summed E-state index contributed by atoms with van der Waals surface area (Å²) in [7, 11) is 1.55. The van der Waals surface area contributed by atoms with Crippen LogP contribution in [-0.4, -0.2) is 13.0 Å². The molecule has 0 atom stereocenters. The predicted molar refractivity (Wildman–Crippen MR) is 108 cm³/mol. The molecule has 0 heterocycles. The molecule has 3 rings (SSSR count). The number of hydrogen-bond acceptors (Lipinski definition) is 3. The van der Waals surface area contributed by atoms with E-state index in [0.29, 0.717) is 34.4 Å². The molecule has 0 bridgehead atoms. The van der Waals surface area contributed by atoms with Crippen molar-refractivity contribution in [1.29, 1.82) is 0 Å². The summed E-state index contributed by atoms with van der Waals surface area (Å²) in [6.07, 6.45) is 0. The van der Waals surface area contributed by atoms with Gasteiger partial charge in [-0.2, -0.15) is 0 Å². The van der Waals surface area contributed by atoms with E-state index in [1.165, 1.54) is 5.56 Å². The van der Waals surface area contributed by atoms with Gasteiger partial charge in [0.25, 0.3) is 5.91 Å². The summed E-state index contributed by atoms with van der Waals surface area (Å²) in [4.78, 5) is 12.5. The van der Waals surface area contributed by atoms with E-state index in [2.05, 4.69) is 5.32 Å². The number of amides is 1. The predicted octanol–water partition coefficient (Wildman–Crippen LogP) is 5.49. The van der Waals surface area contributed by atoms with E-state index in [9.17, 15) is 4.79 Å². The Morgan fingerprint density at radius 3 is 2.44 bits per heavy atom. The number of carbonyl (C=O) groups excluding carboxylic acids is 1. The molecule has 1 N–H and O–H groups in total. The molecular weight excluding hydrogens is 362 g/mol. The summed E-state index contributed by atoms with van der Waals surface area (Å²) in [5, 5.41) is 3.28. The first-order chi connectivity index (χ1) is 13.1. The fourth-order valence-corrected chi connectivity index (χ4v) is 2.71. The number of hydrogen-bond donors (Lipinski definition) is 1. The molecular formula is C22H20ClNO3. The highest BCUT2D eigenvalue weighted by Crippen LogP contribution is 2.29. The molecule has 0 unspecified atom stereocenters. The van der Waals surface area contributed by atoms with Gasteiger partial charge in [0.15, 0.2) is 11.5 Å². The van der Waals surface area contributed by atoms with Crippen molar-refractivity contribution in [1.82, 2.24) is 0 Å². The van der Waals surface area contributed by atoms with Crippen LogP contribution in [0.5, 0.6) is 11.5 Å². The third-order valence-corrected chi connectivity index (χ3v) is 4.39. The lowest BCUT2D eigenvalue weighted by Gasteiger charge is -2.13. The Kier molecular flexibility index (Phi) is 5.99. The highest BCUT2D eigenvalue weighted by Gasteiger charge is 2.13. The summed E-state index contributed by atoms with van der Waals surface area (Å²) in [6.45, 7) is 2.46. The number of nitrogens with one attached hydrogen (secondary N) is 1. The average Bonchev–Trinajstić information content (AvgIpc) is 2.69. The van der Waals surface area contributed by atoms with Crippen LogP contribution >= 0.6 is 11.6 Å². The fourth-order valence-electron chi connectivity index (χ4n) is 2.53. The van der Waals surface area contributed by atoms with Crippen LogP contribution in [0.15, 0.2) is 66.7 Å². The SMILES string of the molecule is COc1cc(C(=O)Nc2ccccc2Cl)ccc1OCc1ccc(C)cc1. The highest BCUT2D eigenvalue weighted by atomic mass is 35.5. The first-order valence-electron chi connectivity index (χ1n) is 8.49. The van der Waals surface area contributed by atoms with Gasteiger partial charge in [0.2, 0.25) is 0 Å². The lowest BCUT2D eigenvalue weighted by atomic mass is 10.1. The van der Waals surface area contributed by atoms with E-state index in [1.807, 2.05) is 37.3 Å². The van der Waals surface area contributed by atoms with Crippen LogP contribution in [0.4, 0.5) is 5.69 Å². The Hall–Kier alpha value is -2.98. The van der Waals surface area contributed by atoms with E-state index >= 15 is 0 Å². The molecule has 3 aromatic carbocycles. The molecule has 138 valence electrons. The minimum Gasteiger partial charge on any atom is -0.493 e. The van der Waals surface area contributed by atoms with Crippen molar-refractivity contribution in [2.24, 2.45) is 0 Å². The Morgan fingerprint density at radius 2 is 1.74 bits per heavy atom. The maximum Gasteiger partial charge on any atom is 0.255 e. The van der Waals surface area contributed by atoms with Gasteiger partial charge in [-0.15, -0.1) is 0 Å². The quantitative estimate of drug-likeness (QED) is 0.614. The first kappa shape index (κ1) is 18.8. The summed E-state index contributed by atoms with van der Waals surface area (Å²) in [5.74, 6) is 0.799. The average molecular weight is 382 g/mol. The molecule has 0 aliphatic heterocycles. The number of rotatable bonds is 6. The van der Waals surface area contributed by atoms with Crippen LogP contribution in [-0.2, 0) is 6.61 Å². The molecule has 0 saturated carbocycles. The maximum absolute atomic E-state index is 12.5. The molecule has 0 spiro atoms. The number of para-hydroxylation sites is 1. The molecule has 1 amide bonds. The Balaban J connectivity index is 1.72. The van der Waals surface area contributed by atoms with E-state index < -0.39 is 0 Å². The third kappa shape index (κ3) is 4.80.